The molecule has 0 saturated carbocycles. The highest BCUT2D eigenvalue weighted by atomic mass is 32.2. The van der Waals surface area contributed by atoms with Crippen LogP contribution >= 0.6 is 0 Å². The monoisotopic (exact) mass is 373 g/mol. The van der Waals surface area contributed by atoms with E-state index >= 15 is 0 Å². The second-order valence-corrected chi connectivity index (χ2v) is 7.58. The van der Waals surface area contributed by atoms with Crippen molar-refractivity contribution in [3.05, 3.63) is 65.7 Å². The summed E-state index contributed by atoms with van der Waals surface area (Å²) in [7, 11) is -3.78. The smallest absolute Gasteiger partial charge is 0.253 e. The number of amides is 2. The molecule has 0 bridgehead atoms. The van der Waals surface area contributed by atoms with E-state index in [1.807, 2.05) is 18.2 Å². The molecule has 1 aliphatic rings. The normalized spacial score (nSPS) is 15.0. The maximum absolute atomic E-state index is 12.5. The Kier molecular flexibility index (Phi) is 5.06. The predicted molar refractivity (Wildman–Crippen MR) is 96.1 cm³/mol. The standard InChI is InChI=1S/C18H19N3O4S/c19-26(24,25)16-8-6-15(7-9-16)18(23)21-12-10-20(11-13-21)17(22)14-4-2-1-3-5-14/h1-9H,10-13H2,(H2,19,24,25). The first-order valence-corrected chi connectivity index (χ1v) is 9.67. The van der Waals surface area contributed by atoms with E-state index in [1.54, 1.807) is 21.9 Å². The zero-order chi connectivity index (χ0) is 18.7. The number of rotatable bonds is 3. The van der Waals surface area contributed by atoms with Gasteiger partial charge in [0.15, 0.2) is 0 Å². The molecule has 136 valence electrons. The summed E-state index contributed by atoms with van der Waals surface area (Å²) in [5.74, 6) is -0.243. The lowest BCUT2D eigenvalue weighted by Gasteiger charge is -2.34. The van der Waals surface area contributed by atoms with Crippen molar-refractivity contribution in [2.75, 3.05) is 26.2 Å². The average molecular weight is 373 g/mol. The summed E-state index contributed by atoms with van der Waals surface area (Å²) in [6, 6.07) is 14.6. The zero-order valence-electron chi connectivity index (χ0n) is 14.0. The van der Waals surface area contributed by atoms with E-state index in [4.69, 9.17) is 5.14 Å². The number of nitrogens with two attached hydrogens (primary N) is 1. The van der Waals surface area contributed by atoms with Crippen LogP contribution in [0.3, 0.4) is 0 Å². The van der Waals surface area contributed by atoms with Gasteiger partial charge in [-0.25, -0.2) is 13.6 Å². The lowest BCUT2D eigenvalue weighted by Crippen LogP contribution is -2.50. The van der Waals surface area contributed by atoms with Crippen LogP contribution in [-0.4, -0.2) is 56.2 Å². The minimum atomic E-state index is -3.78. The van der Waals surface area contributed by atoms with Crippen LogP contribution in [0.15, 0.2) is 59.5 Å². The number of primary sulfonamides is 1. The number of hydrogen-bond donors (Lipinski definition) is 1. The lowest BCUT2D eigenvalue weighted by molar-refractivity contribution is 0.0535. The molecule has 0 unspecified atom stereocenters. The van der Waals surface area contributed by atoms with Crippen molar-refractivity contribution in [2.45, 2.75) is 4.90 Å². The van der Waals surface area contributed by atoms with Crippen molar-refractivity contribution in [2.24, 2.45) is 5.14 Å². The van der Waals surface area contributed by atoms with E-state index in [9.17, 15) is 18.0 Å². The van der Waals surface area contributed by atoms with Crippen molar-refractivity contribution >= 4 is 21.8 Å². The van der Waals surface area contributed by atoms with Crippen molar-refractivity contribution in [1.82, 2.24) is 9.80 Å². The molecule has 0 aromatic heterocycles. The van der Waals surface area contributed by atoms with Gasteiger partial charge in [-0.2, -0.15) is 0 Å². The molecule has 3 rings (SSSR count). The van der Waals surface area contributed by atoms with Gasteiger partial charge in [-0.1, -0.05) is 18.2 Å². The van der Waals surface area contributed by atoms with Gasteiger partial charge in [0, 0.05) is 37.3 Å². The fourth-order valence-electron chi connectivity index (χ4n) is 2.85. The average Bonchev–Trinajstić information content (AvgIpc) is 2.67. The Bertz CT molecular complexity index is 903. The Balaban J connectivity index is 1.63. The van der Waals surface area contributed by atoms with Gasteiger partial charge in [-0.15, -0.1) is 0 Å². The summed E-state index contributed by atoms with van der Waals surface area (Å²) >= 11 is 0. The van der Waals surface area contributed by atoms with Crippen molar-refractivity contribution in [1.29, 1.82) is 0 Å². The van der Waals surface area contributed by atoms with Gasteiger partial charge in [0.25, 0.3) is 11.8 Å². The largest absolute Gasteiger partial charge is 0.335 e. The zero-order valence-corrected chi connectivity index (χ0v) is 14.9. The minimum absolute atomic E-state index is 0.0349. The molecule has 2 amide bonds. The second kappa shape index (κ2) is 7.27. The molecule has 0 aliphatic carbocycles. The van der Waals surface area contributed by atoms with E-state index in [1.165, 1.54) is 24.3 Å². The molecule has 7 nitrogen and oxygen atoms in total. The molecular weight excluding hydrogens is 354 g/mol. The summed E-state index contributed by atoms with van der Waals surface area (Å²) in [6.45, 7) is 1.76. The Morgan fingerprint density at radius 2 is 1.15 bits per heavy atom. The third kappa shape index (κ3) is 3.92. The van der Waals surface area contributed by atoms with Crippen LogP contribution < -0.4 is 5.14 Å². The molecular formula is C18H19N3O4S. The third-order valence-corrected chi connectivity index (χ3v) is 5.23. The maximum Gasteiger partial charge on any atom is 0.253 e. The van der Waals surface area contributed by atoms with Crippen LogP contribution in [0, 0.1) is 0 Å². The van der Waals surface area contributed by atoms with Gasteiger partial charge < -0.3 is 9.80 Å². The van der Waals surface area contributed by atoms with Gasteiger partial charge in [0.1, 0.15) is 0 Å². The van der Waals surface area contributed by atoms with Crippen LogP contribution in [0.4, 0.5) is 0 Å². The van der Waals surface area contributed by atoms with Crippen LogP contribution in [0.5, 0.6) is 0 Å². The summed E-state index contributed by atoms with van der Waals surface area (Å²) in [4.78, 5) is 28.3. The highest BCUT2D eigenvalue weighted by Gasteiger charge is 2.25. The molecule has 0 atom stereocenters. The molecule has 2 aromatic rings. The fraction of sp³-hybridized carbons (Fsp3) is 0.222. The summed E-state index contributed by atoms with van der Waals surface area (Å²) < 4.78 is 22.6. The van der Waals surface area contributed by atoms with Gasteiger partial charge in [-0.05, 0) is 36.4 Å². The van der Waals surface area contributed by atoms with Gasteiger partial charge >= 0.3 is 0 Å². The first-order valence-electron chi connectivity index (χ1n) is 8.13. The van der Waals surface area contributed by atoms with Crippen LogP contribution in [0.25, 0.3) is 0 Å². The molecule has 1 heterocycles. The van der Waals surface area contributed by atoms with E-state index in [0.717, 1.165) is 0 Å². The maximum atomic E-state index is 12.5. The van der Waals surface area contributed by atoms with Crippen molar-refractivity contribution < 1.29 is 18.0 Å². The SMILES string of the molecule is NS(=O)(=O)c1ccc(C(=O)N2CCN(C(=O)c3ccccc3)CC2)cc1. The number of carbonyl (C=O) groups excluding carboxylic acids is 2. The Labute approximate surface area is 152 Å². The molecule has 2 aromatic carbocycles. The van der Waals surface area contributed by atoms with E-state index in [0.29, 0.717) is 37.3 Å². The molecule has 1 fully saturated rings. The van der Waals surface area contributed by atoms with E-state index < -0.39 is 10.0 Å². The van der Waals surface area contributed by atoms with Crippen LogP contribution in [0.2, 0.25) is 0 Å². The number of benzene rings is 2. The van der Waals surface area contributed by atoms with E-state index in [2.05, 4.69) is 0 Å². The van der Waals surface area contributed by atoms with Gasteiger partial charge in [0.05, 0.1) is 4.90 Å². The number of hydrogen-bond acceptors (Lipinski definition) is 4. The summed E-state index contributed by atoms with van der Waals surface area (Å²) in [5, 5.41) is 5.06. The van der Waals surface area contributed by atoms with Crippen molar-refractivity contribution in [3.63, 3.8) is 0 Å². The third-order valence-electron chi connectivity index (χ3n) is 4.30. The molecule has 0 spiro atoms. The first kappa shape index (κ1) is 18.1. The predicted octanol–water partition coefficient (Wildman–Crippen LogP) is 0.932. The quantitative estimate of drug-likeness (QED) is 0.865. The summed E-state index contributed by atoms with van der Waals surface area (Å²) in [6.07, 6.45) is 0. The Hall–Kier alpha value is -2.71. The summed E-state index contributed by atoms with van der Waals surface area (Å²) in [5.41, 5.74) is 1.02. The lowest BCUT2D eigenvalue weighted by atomic mass is 10.1. The number of carbonyl (C=O) groups is 2. The minimum Gasteiger partial charge on any atom is -0.335 e. The Morgan fingerprint density at radius 1 is 0.731 bits per heavy atom. The van der Waals surface area contributed by atoms with E-state index in [-0.39, 0.29) is 16.7 Å². The fourth-order valence-corrected chi connectivity index (χ4v) is 3.36. The molecule has 26 heavy (non-hydrogen) atoms. The number of sulfonamides is 1. The topological polar surface area (TPSA) is 101 Å². The second-order valence-electron chi connectivity index (χ2n) is 6.02. The molecule has 2 N–H and O–H groups in total. The molecule has 0 radical (unpaired) electrons. The molecule has 1 saturated heterocycles. The van der Waals surface area contributed by atoms with Crippen LogP contribution in [-0.2, 0) is 10.0 Å². The first-order chi connectivity index (χ1) is 12.4. The number of nitrogens with zero attached hydrogens (tertiary/aromatic N) is 2. The highest BCUT2D eigenvalue weighted by Crippen LogP contribution is 2.14. The highest BCUT2D eigenvalue weighted by molar-refractivity contribution is 7.89. The Morgan fingerprint density at radius 3 is 1.58 bits per heavy atom. The van der Waals surface area contributed by atoms with Crippen molar-refractivity contribution in [3.8, 4) is 0 Å². The van der Waals surface area contributed by atoms with Gasteiger partial charge in [-0.3, -0.25) is 9.59 Å². The molecule has 8 heteroatoms. The molecule has 1 aliphatic heterocycles. The number of piperazine rings is 1. The van der Waals surface area contributed by atoms with Gasteiger partial charge in [0.2, 0.25) is 10.0 Å². The van der Waals surface area contributed by atoms with Crippen LogP contribution in [0.1, 0.15) is 20.7 Å².